The molecule has 1 unspecified atom stereocenters. The molecular formula is C21H26N4O4S2. The Morgan fingerprint density at radius 2 is 2.06 bits per heavy atom. The lowest BCUT2D eigenvalue weighted by Gasteiger charge is -2.17. The molecule has 10 heteroatoms. The highest BCUT2D eigenvalue weighted by atomic mass is 32.2. The quantitative estimate of drug-likeness (QED) is 0.294. The lowest BCUT2D eigenvalue weighted by molar-refractivity contribution is -0.124. The number of ether oxygens (including phenoxy) is 1. The Morgan fingerprint density at radius 1 is 1.19 bits per heavy atom. The predicted octanol–water partition coefficient (Wildman–Crippen LogP) is 2.55. The first kappa shape index (κ1) is 21.0. The molecule has 3 aliphatic rings. The third-order valence-electron chi connectivity index (χ3n) is 6.14. The summed E-state index contributed by atoms with van der Waals surface area (Å²) in [4.78, 5) is 45.3. The van der Waals surface area contributed by atoms with Crippen LogP contribution >= 0.6 is 23.1 Å². The number of thioether (sulfide) groups is 1. The highest BCUT2D eigenvalue weighted by Gasteiger charge is 2.28. The molecule has 2 aromatic rings. The first-order valence-corrected chi connectivity index (χ1v) is 12.8. The Bertz CT molecular complexity index is 1060. The summed E-state index contributed by atoms with van der Waals surface area (Å²) in [7, 11) is 0. The minimum atomic E-state index is -0.325. The first-order chi connectivity index (χ1) is 15.1. The molecule has 1 aliphatic carbocycles. The van der Waals surface area contributed by atoms with Crippen molar-refractivity contribution in [3.05, 3.63) is 20.8 Å². The van der Waals surface area contributed by atoms with E-state index in [-0.39, 0.29) is 30.1 Å². The predicted molar refractivity (Wildman–Crippen MR) is 120 cm³/mol. The van der Waals surface area contributed by atoms with E-state index in [2.05, 4.69) is 5.32 Å². The van der Waals surface area contributed by atoms with E-state index < -0.39 is 0 Å². The number of urea groups is 1. The van der Waals surface area contributed by atoms with Crippen molar-refractivity contribution in [1.29, 1.82) is 0 Å². The van der Waals surface area contributed by atoms with Gasteiger partial charge in [-0.3, -0.25) is 19.1 Å². The maximum absolute atomic E-state index is 13.6. The molecule has 1 atom stereocenters. The van der Waals surface area contributed by atoms with Crippen molar-refractivity contribution < 1.29 is 14.3 Å². The molecule has 31 heavy (non-hydrogen) atoms. The molecular weight excluding hydrogens is 436 g/mol. The Morgan fingerprint density at radius 3 is 2.84 bits per heavy atom. The number of thiophene rings is 1. The van der Waals surface area contributed by atoms with Crippen LogP contribution in [0.15, 0.2) is 9.95 Å². The number of hydrogen-bond acceptors (Lipinski definition) is 7. The van der Waals surface area contributed by atoms with Gasteiger partial charge in [0.05, 0.1) is 24.6 Å². The van der Waals surface area contributed by atoms with Crippen LogP contribution in [0.2, 0.25) is 0 Å². The van der Waals surface area contributed by atoms with Crippen LogP contribution < -0.4 is 10.9 Å². The minimum Gasteiger partial charge on any atom is -0.376 e. The van der Waals surface area contributed by atoms with Crippen molar-refractivity contribution in [2.75, 3.05) is 25.4 Å². The van der Waals surface area contributed by atoms with Crippen LogP contribution in [0.25, 0.3) is 10.2 Å². The normalized spacial score (nSPS) is 21.2. The molecule has 3 amide bonds. The largest absolute Gasteiger partial charge is 0.376 e. The minimum absolute atomic E-state index is 0.0523. The van der Waals surface area contributed by atoms with E-state index in [0.29, 0.717) is 30.4 Å². The SMILES string of the molecule is O=C1CNC(=O)N1CCCSc1nc2sc3c(c2c(=O)n1CC1CCCO1)CCCC3. The van der Waals surface area contributed by atoms with E-state index in [1.165, 1.54) is 33.5 Å². The van der Waals surface area contributed by atoms with Crippen LogP contribution in [-0.2, 0) is 28.9 Å². The summed E-state index contributed by atoms with van der Waals surface area (Å²) in [5.41, 5.74) is 1.26. The van der Waals surface area contributed by atoms with E-state index in [9.17, 15) is 14.4 Å². The van der Waals surface area contributed by atoms with Gasteiger partial charge >= 0.3 is 6.03 Å². The molecule has 2 aromatic heterocycles. The van der Waals surface area contributed by atoms with E-state index >= 15 is 0 Å². The zero-order valence-electron chi connectivity index (χ0n) is 17.4. The van der Waals surface area contributed by atoms with E-state index in [0.717, 1.165) is 48.9 Å². The summed E-state index contributed by atoms with van der Waals surface area (Å²) in [5, 5.41) is 4.06. The van der Waals surface area contributed by atoms with Crippen molar-refractivity contribution in [2.45, 2.75) is 62.8 Å². The van der Waals surface area contributed by atoms with E-state index in [1.54, 1.807) is 15.9 Å². The molecule has 0 aromatic carbocycles. The number of fused-ring (bicyclic) bond motifs is 3. The fourth-order valence-corrected chi connectivity index (χ4v) is 6.79. The number of rotatable bonds is 7. The third kappa shape index (κ3) is 4.12. The van der Waals surface area contributed by atoms with Crippen LogP contribution in [0.1, 0.15) is 42.5 Å². The summed E-state index contributed by atoms with van der Waals surface area (Å²) >= 11 is 3.19. The van der Waals surface area contributed by atoms with Gasteiger partial charge in [-0.15, -0.1) is 11.3 Å². The average molecular weight is 463 g/mol. The Labute approximate surface area is 188 Å². The molecule has 5 rings (SSSR count). The number of nitrogens with zero attached hydrogens (tertiary/aromatic N) is 3. The standard InChI is InChI=1S/C21H26N4O4S2/c26-16-11-22-20(28)24(16)8-4-10-30-21-23-18-17(14-6-1-2-7-15(14)31-18)19(27)25(21)12-13-5-3-9-29-13/h13H,1-12H2,(H,22,28). The maximum Gasteiger partial charge on any atom is 0.324 e. The number of aromatic nitrogens is 2. The third-order valence-corrected chi connectivity index (χ3v) is 8.39. The van der Waals surface area contributed by atoms with Gasteiger partial charge in [-0.05, 0) is 50.5 Å². The zero-order valence-corrected chi connectivity index (χ0v) is 19.0. The Kier molecular flexibility index (Phi) is 6.03. The molecule has 4 heterocycles. The average Bonchev–Trinajstić information content (AvgIpc) is 3.48. The van der Waals surface area contributed by atoms with Crippen molar-refractivity contribution in [3.8, 4) is 0 Å². The second-order valence-corrected chi connectivity index (χ2v) is 10.4. The number of carbonyl (C=O) groups is 2. The zero-order chi connectivity index (χ0) is 21.4. The van der Waals surface area contributed by atoms with Crippen LogP contribution in [0.5, 0.6) is 0 Å². The molecule has 1 N–H and O–H groups in total. The monoisotopic (exact) mass is 462 g/mol. The lowest BCUT2D eigenvalue weighted by Crippen LogP contribution is -2.32. The van der Waals surface area contributed by atoms with Crippen LogP contribution in [0, 0.1) is 0 Å². The second-order valence-electron chi connectivity index (χ2n) is 8.24. The van der Waals surface area contributed by atoms with Gasteiger partial charge in [0.25, 0.3) is 5.56 Å². The van der Waals surface area contributed by atoms with Crippen molar-refractivity contribution in [1.82, 2.24) is 19.8 Å². The molecule has 0 radical (unpaired) electrons. The number of imide groups is 1. The van der Waals surface area contributed by atoms with E-state index in [1.807, 2.05) is 0 Å². The molecule has 2 saturated heterocycles. The number of nitrogens with one attached hydrogen (secondary N) is 1. The van der Waals surface area contributed by atoms with E-state index in [4.69, 9.17) is 9.72 Å². The summed E-state index contributed by atoms with van der Waals surface area (Å²) in [6.45, 7) is 1.73. The van der Waals surface area contributed by atoms with Gasteiger partial charge in [0.15, 0.2) is 5.16 Å². The Balaban J connectivity index is 1.39. The topological polar surface area (TPSA) is 93.5 Å². The smallest absolute Gasteiger partial charge is 0.324 e. The highest BCUT2D eigenvalue weighted by molar-refractivity contribution is 7.99. The van der Waals surface area contributed by atoms with Gasteiger partial charge in [0.2, 0.25) is 5.91 Å². The number of amides is 3. The van der Waals surface area contributed by atoms with Crippen molar-refractivity contribution in [2.24, 2.45) is 0 Å². The number of aryl methyl sites for hydroxylation is 2. The number of hydrogen-bond donors (Lipinski definition) is 1. The molecule has 0 bridgehead atoms. The summed E-state index contributed by atoms with van der Waals surface area (Å²) in [6, 6.07) is -0.325. The molecule has 0 saturated carbocycles. The van der Waals surface area contributed by atoms with Crippen LogP contribution in [0.4, 0.5) is 4.79 Å². The lowest BCUT2D eigenvalue weighted by atomic mass is 9.97. The van der Waals surface area contributed by atoms with Gasteiger partial charge in [0.1, 0.15) is 4.83 Å². The highest BCUT2D eigenvalue weighted by Crippen LogP contribution is 2.35. The molecule has 2 aliphatic heterocycles. The fraction of sp³-hybridized carbons (Fsp3) is 0.619. The number of carbonyl (C=O) groups excluding carboxylic acids is 2. The first-order valence-electron chi connectivity index (χ1n) is 11.0. The summed E-state index contributed by atoms with van der Waals surface area (Å²) in [5.74, 6) is 0.486. The van der Waals surface area contributed by atoms with Crippen LogP contribution in [0.3, 0.4) is 0 Å². The van der Waals surface area contributed by atoms with Gasteiger partial charge in [-0.1, -0.05) is 11.8 Å². The van der Waals surface area contributed by atoms with Gasteiger partial charge in [-0.2, -0.15) is 0 Å². The van der Waals surface area contributed by atoms with Gasteiger partial charge in [-0.25, -0.2) is 9.78 Å². The molecule has 0 spiro atoms. The van der Waals surface area contributed by atoms with Crippen molar-refractivity contribution >= 4 is 45.3 Å². The second kappa shape index (κ2) is 8.91. The molecule has 8 nitrogen and oxygen atoms in total. The Hall–Kier alpha value is -1.91. The summed E-state index contributed by atoms with van der Waals surface area (Å²) < 4.78 is 7.61. The van der Waals surface area contributed by atoms with Gasteiger partial charge < -0.3 is 10.1 Å². The molecule has 166 valence electrons. The van der Waals surface area contributed by atoms with Crippen LogP contribution in [-0.4, -0.2) is 57.9 Å². The summed E-state index contributed by atoms with van der Waals surface area (Å²) in [6.07, 6.45) is 6.99. The van der Waals surface area contributed by atoms with Gasteiger partial charge in [0, 0.05) is 23.8 Å². The maximum atomic E-state index is 13.6. The van der Waals surface area contributed by atoms with Crippen molar-refractivity contribution in [3.63, 3.8) is 0 Å². The fourth-order valence-electron chi connectivity index (χ4n) is 4.55. The molecule has 2 fully saturated rings.